The second kappa shape index (κ2) is 8.76. The summed E-state index contributed by atoms with van der Waals surface area (Å²) >= 11 is 1.45. The Morgan fingerprint density at radius 2 is 1.67 bits per heavy atom. The van der Waals surface area contributed by atoms with Crippen molar-refractivity contribution in [1.82, 2.24) is 9.47 Å². The summed E-state index contributed by atoms with van der Waals surface area (Å²) in [5.41, 5.74) is 5.40. The minimum absolute atomic E-state index is 0.000152. The van der Waals surface area contributed by atoms with E-state index in [1.165, 1.54) is 23.1 Å². The molecule has 1 aliphatic heterocycles. The summed E-state index contributed by atoms with van der Waals surface area (Å²) in [7, 11) is 0. The van der Waals surface area contributed by atoms with Crippen molar-refractivity contribution in [2.75, 3.05) is 0 Å². The molecule has 0 aliphatic carbocycles. The number of hydrogen-bond acceptors (Lipinski definition) is 3. The predicted octanol–water partition coefficient (Wildman–Crippen LogP) is 5.93. The summed E-state index contributed by atoms with van der Waals surface area (Å²) in [5.74, 6) is -0.000152. The Hall–Kier alpha value is -3.05. The third-order valence-electron chi connectivity index (χ3n) is 5.27. The van der Waals surface area contributed by atoms with Crippen LogP contribution in [-0.2, 0) is 17.9 Å². The zero-order chi connectivity index (χ0) is 21.1. The van der Waals surface area contributed by atoms with Gasteiger partial charge < -0.3 is 4.57 Å². The number of nitrogens with zero attached hydrogens (tertiary/aromatic N) is 3. The number of benzene rings is 2. The van der Waals surface area contributed by atoms with Crippen LogP contribution in [0.15, 0.2) is 76.6 Å². The second-order valence-corrected chi connectivity index (χ2v) is 8.30. The zero-order valence-electron chi connectivity index (χ0n) is 17.5. The Morgan fingerprint density at radius 3 is 2.30 bits per heavy atom. The molecule has 5 heteroatoms. The van der Waals surface area contributed by atoms with Crippen LogP contribution in [0.2, 0.25) is 0 Å². The number of amides is 1. The SMILES string of the molecule is CCn1c(C)cc(/C=C2\SC(=Nc3ccccc3)N(Cc3ccccc3)C2=O)c1C. The number of thioether (sulfide) groups is 1. The topological polar surface area (TPSA) is 37.6 Å². The Kier molecular flexibility index (Phi) is 5.91. The summed E-state index contributed by atoms with van der Waals surface area (Å²) in [6.07, 6.45) is 2.01. The van der Waals surface area contributed by atoms with E-state index in [2.05, 4.69) is 31.4 Å². The minimum atomic E-state index is -0.000152. The smallest absolute Gasteiger partial charge is 0.267 e. The van der Waals surface area contributed by atoms with E-state index in [0.717, 1.165) is 23.4 Å². The lowest BCUT2D eigenvalue weighted by atomic mass is 10.2. The van der Waals surface area contributed by atoms with Gasteiger partial charge >= 0.3 is 0 Å². The number of carbonyl (C=O) groups is 1. The van der Waals surface area contributed by atoms with Gasteiger partial charge in [0.25, 0.3) is 5.91 Å². The van der Waals surface area contributed by atoms with Gasteiger partial charge in [-0.3, -0.25) is 9.69 Å². The van der Waals surface area contributed by atoms with E-state index in [4.69, 9.17) is 4.99 Å². The van der Waals surface area contributed by atoms with Gasteiger partial charge in [-0.25, -0.2) is 4.99 Å². The van der Waals surface area contributed by atoms with Gasteiger partial charge in [0.05, 0.1) is 17.1 Å². The van der Waals surface area contributed by atoms with Crippen molar-refractivity contribution in [1.29, 1.82) is 0 Å². The normalized spacial score (nSPS) is 16.8. The molecular weight excluding hydrogens is 390 g/mol. The second-order valence-electron chi connectivity index (χ2n) is 7.29. The standard InChI is InChI=1S/C25H25N3OS/c1-4-27-18(2)15-21(19(27)3)16-23-24(29)28(17-20-11-7-5-8-12-20)25(30-23)26-22-13-9-6-10-14-22/h5-16H,4,17H2,1-3H3/b23-16-,26-25?. The number of para-hydroxylation sites is 1. The van der Waals surface area contributed by atoms with Gasteiger partial charge in [0.2, 0.25) is 0 Å². The van der Waals surface area contributed by atoms with Crippen molar-refractivity contribution >= 4 is 34.6 Å². The average molecular weight is 416 g/mol. The lowest BCUT2D eigenvalue weighted by Crippen LogP contribution is -2.28. The average Bonchev–Trinajstić information content (AvgIpc) is 3.19. The van der Waals surface area contributed by atoms with E-state index in [0.29, 0.717) is 16.6 Å². The van der Waals surface area contributed by atoms with E-state index in [1.807, 2.05) is 66.7 Å². The van der Waals surface area contributed by atoms with Crippen LogP contribution >= 0.6 is 11.8 Å². The molecule has 152 valence electrons. The molecule has 2 heterocycles. The summed E-state index contributed by atoms with van der Waals surface area (Å²) in [6, 6.07) is 22.0. The maximum absolute atomic E-state index is 13.3. The number of aromatic nitrogens is 1. The van der Waals surface area contributed by atoms with Crippen molar-refractivity contribution in [2.24, 2.45) is 4.99 Å². The Labute approximate surface area is 181 Å². The molecule has 1 saturated heterocycles. The molecule has 2 aromatic carbocycles. The first-order valence-corrected chi connectivity index (χ1v) is 10.9. The quantitative estimate of drug-likeness (QED) is 0.485. The minimum Gasteiger partial charge on any atom is -0.349 e. The molecule has 0 radical (unpaired) electrons. The van der Waals surface area contributed by atoms with Crippen molar-refractivity contribution in [3.8, 4) is 0 Å². The molecule has 4 rings (SSSR count). The molecule has 4 nitrogen and oxygen atoms in total. The van der Waals surface area contributed by atoms with Crippen LogP contribution < -0.4 is 0 Å². The van der Waals surface area contributed by atoms with E-state index < -0.39 is 0 Å². The molecule has 0 unspecified atom stereocenters. The summed E-state index contributed by atoms with van der Waals surface area (Å²) < 4.78 is 2.26. The molecule has 1 amide bonds. The lowest BCUT2D eigenvalue weighted by Gasteiger charge is -2.15. The Bertz CT molecular complexity index is 1110. The van der Waals surface area contributed by atoms with Crippen molar-refractivity contribution in [3.05, 3.63) is 94.1 Å². The first-order chi connectivity index (χ1) is 14.6. The molecule has 1 aromatic heterocycles. The van der Waals surface area contributed by atoms with Gasteiger partial charge in [0.15, 0.2) is 5.17 Å². The number of amidine groups is 1. The first kappa shape index (κ1) is 20.2. The predicted molar refractivity (Wildman–Crippen MR) is 126 cm³/mol. The van der Waals surface area contributed by atoms with E-state index in [1.54, 1.807) is 4.90 Å². The molecule has 3 aromatic rings. The molecule has 0 saturated carbocycles. The van der Waals surface area contributed by atoms with Crippen LogP contribution in [0.3, 0.4) is 0 Å². The summed E-state index contributed by atoms with van der Waals surface area (Å²) in [4.78, 5) is 20.6. The fraction of sp³-hybridized carbons (Fsp3) is 0.200. The fourth-order valence-electron chi connectivity index (χ4n) is 3.71. The molecule has 0 bridgehead atoms. The van der Waals surface area contributed by atoms with Gasteiger partial charge in [-0.15, -0.1) is 0 Å². The maximum Gasteiger partial charge on any atom is 0.267 e. The number of carbonyl (C=O) groups excluding carboxylic acids is 1. The molecule has 1 fully saturated rings. The fourth-order valence-corrected chi connectivity index (χ4v) is 4.70. The van der Waals surface area contributed by atoms with Gasteiger partial charge in [0, 0.05) is 17.9 Å². The van der Waals surface area contributed by atoms with Crippen LogP contribution in [0.1, 0.15) is 29.4 Å². The number of rotatable bonds is 5. The molecular formula is C25H25N3OS. The van der Waals surface area contributed by atoms with Crippen molar-refractivity contribution in [2.45, 2.75) is 33.9 Å². The number of aryl methyl sites for hydroxylation is 1. The molecule has 0 spiro atoms. The lowest BCUT2D eigenvalue weighted by molar-refractivity contribution is -0.122. The van der Waals surface area contributed by atoms with Crippen LogP contribution in [0.5, 0.6) is 0 Å². The monoisotopic (exact) mass is 415 g/mol. The number of hydrogen-bond donors (Lipinski definition) is 0. The van der Waals surface area contributed by atoms with Crippen LogP contribution in [-0.4, -0.2) is 20.5 Å². The molecule has 1 aliphatic rings. The van der Waals surface area contributed by atoms with Crippen molar-refractivity contribution in [3.63, 3.8) is 0 Å². The van der Waals surface area contributed by atoms with Crippen LogP contribution in [0, 0.1) is 13.8 Å². The van der Waals surface area contributed by atoms with Gasteiger partial charge in [0.1, 0.15) is 0 Å². The van der Waals surface area contributed by atoms with Crippen molar-refractivity contribution < 1.29 is 4.79 Å². The van der Waals surface area contributed by atoms with E-state index >= 15 is 0 Å². The van der Waals surface area contributed by atoms with Gasteiger partial charge in [-0.05, 0) is 67.9 Å². The maximum atomic E-state index is 13.3. The Morgan fingerprint density at radius 1 is 1.00 bits per heavy atom. The third-order valence-corrected chi connectivity index (χ3v) is 6.27. The third kappa shape index (κ3) is 4.12. The highest BCUT2D eigenvalue weighted by molar-refractivity contribution is 8.18. The van der Waals surface area contributed by atoms with Gasteiger partial charge in [-0.1, -0.05) is 48.5 Å². The van der Waals surface area contributed by atoms with Gasteiger partial charge in [-0.2, -0.15) is 0 Å². The first-order valence-electron chi connectivity index (χ1n) is 10.1. The summed E-state index contributed by atoms with van der Waals surface area (Å²) in [5, 5.41) is 0.714. The molecule has 30 heavy (non-hydrogen) atoms. The highest BCUT2D eigenvalue weighted by atomic mass is 32.2. The highest BCUT2D eigenvalue weighted by Crippen LogP contribution is 2.36. The molecule has 0 atom stereocenters. The van der Waals surface area contributed by atoms with E-state index in [-0.39, 0.29) is 5.91 Å². The highest BCUT2D eigenvalue weighted by Gasteiger charge is 2.33. The Balaban J connectivity index is 1.72. The summed E-state index contributed by atoms with van der Waals surface area (Å²) in [6.45, 7) is 7.77. The largest absolute Gasteiger partial charge is 0.349 e. The zero-order valence-corrected chi connectivity index (χ0v) is 18.3. The van der Waals surface area contributed by atoms with Crippen LogP contribution in [0.25, 0.3) is 6.08 Å². The number of aliphatic imine (C=N–C) groups is 1. The van der Waals surface area contributed by atoms with Crippen LogP contribution in [0.4, 0.5) is 5.69 Å². The molecule has 0 N–H and O–H groups in total. The van der Waals surface area contributed by atoms with E-state index in [9.17, 15) is 4.79 Å².